The summed E-state index contributed by atoms with van der Waals surface area (Å²) in [5.41, 5.74) is 2.02. The molecular formula is C17H27ClN4. The molecule has 0 saturated carbocycles. The number of fused-ring (bicyclic) bond motifs is 1. The maximum Gasteiger partial charge on any atom is 0.159 e. The Labute approximate surface area is 138 Å². The summed E-state index contributed by atoms with van der Waals surface area (Å²) in [6.45, 7) is 13.0. The van der Waals surface area contributed by atoms with Crippen LogP contribution in [0, 0.1) is 0 Å². The monoisotopic (exact) mass is 322 g/mol. The standard InChI is InChI=1S/C15H21ClN4.C2H6/c1-14(2)7-10(8-15(3,4)19-14)20-6-5-11-13(20)17-9-12(16)18-11;1-2/h5-6,9-10,19H,7-8H2,1-4H3;1-2H3. The molecule has 4 nitrogen and oxygen atoms in total. The molecule has 22 heavy (non-hydrogen) atoms. The van der Waals surface area contributed by atoms with Crippen molar-refractivity contribution in [2.45, 2.75) is 71.5 Å². The highest BCUT2D eigenvalue weighted by atomic mass is 35.5. The number of rotatable bonds is 1. The number of aromatic nitrogens is 3. The molecular weight excluding hydrogens is 296 g/mol. The Balaban J connectivity index is 0.000000847. The van der Waals surface area contributed by atoms with Crippen LogP contribution in [0.3, 0.4) is 0 Å². The van der Waals surface area contributed by atoms with E-state index in [0.29, 0.717) is 11.2 Å². The van der Waals surface area contributed by atoms with Gasteiger partial charge < -0.3 is 9.88 Å². The zero-order valence-electron chi connectivity index (χ0n) is 14.4. The zero-order valence-corrected chi connectivity index (χ0v) is 15.2. The summed E-state index contributed by atoms with van der Waals surface area (Å²) in [5.74, 6) is 0. The molecule has 122 valence electrons. The van der Waals surface area contributed by atoms with Gasteiger partial charge in [0.25, 0.3) is 0 Å². The molecule has 0 spiro atoms. The fraction of sp³-hybridized carbons (Fsp3) is 0.647. The second kappa shape index (κ2) is 6.17. The van der Waals surface area contributed by atoms with Crippen LogP contribution in [0.2, 0.25) is 5.15 Å². The van der Waals surface area contributed by atoms with Gasteiger partial charge in [-0.3, -0.25) is 0 Å². The van der Waals surface area contributed by atoms with E-state index in [4.69, 9.17) is 11.6 Å². The highest BCUT2D eigenvalue weighted by Gasteiger charge is 2.38. The summed E-state index contributed by atoms with van der Waals surface area (Å²) in [4.78, 5) is 8.79. The minimum atomic E-state index is 0.114. The van der Waals surface area contributed by atoms with Crippen molar-refractivity contribution in [3.05, 3.63) is 23.6 Å². The van der Waals surface area contributed by atoms with E-state index in [2.05, 4.69) is 53.7 Å². The molecule has 1 saturated heterocycles. The number of hydrogen-bond donors (Lipinski definition) is 1. The van der Waals surface area contributed by atoms with Gasteiger partial charge in [0.15, 0.2) is 5.65 Å². The van der Waals surface area contributed by atoms with Crippen LogP contribution in [0.5, 0.6) is 0 Å². The Morgan fingerprint density at radius 3 is 2.36 bits per heavy atom. The highest BCUT2D eigenvalue weighted by molar-refractivity contribution is 6.29. The predicted octanol–water partition coefficient (Wildman–Crippen LogP) is 4.59. The molecule has 0 radical (unpaired) electrons. The van der Waals surface area contributed by atoms with Gasteiger partial charge in [0.2, 0.25) is 0 Å². The average Bonchev–Trinajstić information content (AvgIpc) is 2.80. The van der Waals surface area contributed by atoms with Crippen molar-refractivity contribution in [3.63, 3.8) is 0 Å². The van der Waals surface area contributed by atoms with Crippen molar-refractivity contribution >= 4 is 22.8 Å². The van der Waals surface area contributed by atoms with Crippen LogP contribution in [0.4, 0.5) is 0 Å². The zero-order chi connectivity index (χ0) is 16.5. The summed E-state index contributed by atoms with van der Waals surface area (Å²) in [6.07, 6.45) is 5.86. The maximum atomic E-state index is 5.91. The first-order valence-corrected chi connectivity index (χ1v) is 8.42. The number of nitrogens with one attached hydrogen (secondary N) is 1. The second-order valence-corrected chi connectivity index (χ2v) is 7.47. The van der Waals surface area contributed by atoms with Gasteiger partial charge in [0.05, 0.1) is 6.20 Å². The average molecular weight is 323 g/mol. The second-order valence-electron chi connectivity index (χ2n) is 7.08. The molecule has 0 aromatic carbocycles. The molecule has 3 rings (SSSR count). The van der Waals surface area contributed by atoms with Gasteiger partial charge in [-0.15, -0.1) is 0 Å². The van der Waals surface area contributed by atoms with Crippen LogP contribution in [0.25, 0.3) is 11.2 Å². The normalized spacial score (nSPS) is 20.5. The van der Waals surface area contributed by atoms with Gasteiger partial charge in [-0.05, 0) is 46.6 Å². The van der Waals surface area contributed by atoms with E-state index < -0.39 is 0 Å². The third-order valence-corrected chi connectivity index (χ3v) is 4.13. The first-order valence-electron chi connectivity index (χ1n) is 8.04. The molecule has 0 unspecified atom stereocenters. The largest absolute Gasteiger partial charge is 0.328 e. The molecule has 2 aromatic rings. The van der Waals surface area contributed by atoms with Gasteiger partial charge in [0.1, 0.15) is 10.7 Å². The van der Waals surface area contributed by atoms with Gasteiger partial charge in [-0.25, -0.2) is 9.97 Å². The van der Waals surface area contributed by atoms with Crippen molar-refractivity contribution in [3.8, 4) is 0 Å². The van der Waals surface area contributed by atoms with E-state index in [9.17, 15) is 0 Å². The van der Waals surface area contributed by atoms with Gasteiger partial charge in [-0.2, -0.15) is 0 Å². The third-order valence-electron chi connectivity index (χ3n) is 3.95. The number of nitrogens with zero attached hydrogens (tertiary/aromatic N) is 3. The van der Waals surface area contributed by atoms with Crippen molar-refractivity contribution < 1.29 is 0 Å². The molecule has 0 atom stereocenters. The minimum absolute atomic E-state index is 0.114. The molecule has 5 heteroatoms. The van der Waals surface area contributed by atoms with Gasteiger partial charge in [-0.1, -0.05) is 25.4 Å². The Bertz CT molecular complexity index is 629. The molecule has 0 bridgehead atoms. The molecule has 0 aliphatic carbocycles. The van der Waals surface area contributed by atoms with Crippen LogP contribution >= 0.6 is 11.6 Å². The predicted molar refractivity (Wildman–Crippen MR) is 93.5 cm³/mol. The number of hydrogen-bond acceptors (Lipinski definition) is 3. The lowest BCUT2D eigenvalue weighted by atomic mass is 9.79. The Morgan fingerprint density at radius 1 is 1.18 bits per heavy atom. The van der Waals surface area contributed by atoms with Crippen molar-refractivity contribution in [1.82, 2.24) is 19.9 Å². The van der Waals surface area contributed by atoms with Crippen molar-refractivity contribution in [2.75, 3.05) is 0 Å². The van der Waals surface area contributed by atoms with E-state index in [-0.39, 0.29) is 11.1 Å². The summed E-state index contributed by atoms with van der Waals surface area (Å²) < 4.78 is 2.25. The Morgan fingerprint density at radius 2 is 1.77 bits per heavy atom. The number of halogens is 1. The first kappa shape index (κ1) is 17.2. The van der Waals surface area contributed by atoms with Crippen molar-refractivity contribution in [1.29, 1.82) is 0 Å². The van der Waals surface area contributed by atoms with Crippen LogP contribution in [-0.2, 0) is 0 Å². The lowest BCUT2D eigenvalue weighted by molar-refractivity contribution is 0.134. The lowest BCUT2D eigenvalue weighted by Gasteiger charge is -2.47. The fourth-order valence-corrected chi connectivity index (χ4v) is 3.81. The van der Waals surface area contributed by atoms with Crippen LogP contribution in [0.15, 0.2) is 18.5 Å². The van der Waals surface area contributed by atoms with E-state index >= 15 is 0 Å². The summed E-state index contributed by atoms with van der Waals surface area (Å²) in [6, 6.07) is 2.42. The van der Waals surface area contributed by atoms with Crippen molar-refractivity contribution in [2.24, 2.45) is 0 Å². The van der Waals surface area contributed by atoms with Gasteiger partial charge >= 0.3 is 0 Å². The molecule has 1 N–H and O–H groups in total. The molecule has 1 fully saturated rings. The molecule has 1 aliphatic rings. The van der Waals surface area contributed by atoms with Crippen LogP contribution in [0.1, 0.15) is 60.4 Å². The number of piperidine rings is 1. The topological polar surface area (TPSA) is 42.7 Å². The SMILES string of the molecule is CC.CC1(C)CC(n2ccc3nc(Cl)cnc32)CC(C)(C)N1. The van der Waals surface area contributed by atoms with Crippen LogP contribution in [-0.4, -0.2) is 25.6 Å². The summed E-state index contributed by atoms with van der Waals surface area (Å²) in [5, 5.41) is 4.16. The Kier molecular flexibility index (Phi) is 4.83. The van der Waals surface area contributed by atoms with Gasteiger partial charge in [0, 0.05) is 23.3 Å². The summed E-state index contributed by atoms with van der Waals surface area (Å²) in [7, 11) is 0. The van der Waals surface area contributed by atoms with E-state index in [1.54, 1.807) is 6.20 Å². The molecule has 3 heterocycles. The summed E-state index contributed by atoms with van der Waals surface area (Å²) >= 11 is 5.91. The first-order chi connectivity index (χ1) is 10.3. The highest BCUT2D eigenvalue weighted by Crippen LogP contribution is 2.37. The van der Waals surface area contributed by atoms with E-state index in [1.807, 2.05) is 19.9 Å². The molecule has 0 amide bonds. The lowest BCUT2D eigenvalue weighted by Crippen LogP contribution is -2.57. The minimum Gasteiger partial charge on any atom is -0.328 e. The van der Waals surface area contributed by atoms with E-state index in [0.717, 1.165) is 24.0 Å². The third kappa shape index (κ3) is 3.61. The smallest absolute Gasteiger partial charge is 0.159 e. The molecule has 2 aromatic heterocycles. The van der Waals surface area contributed by atoms with E-state index in [1.165, 1.54) is 0 Å². The molecule has 1 aliphatic heterocycles. The van der Waals surface area contributed by atoms with Crippen LogP contribution < -0.4 is 5.32 Å². The Hall–Kier alpha value is -1.13. The fourth-order valence-electron chi connectivity index (χ4n) is 3.67. The quantitative estimate of drug-likeness (QED) is 0.834. The maximum absolute atomic E-state index is 5.91.